The van der Waals surface area contributed by atoms with Crippen molar-refractivity contribution < 1.29 is 28.7 Å². The van der Waals surface area contributed by atoms with Crippen LogP contribution in [0.3, 0.4) is 0 Å². The van der Waals surface area contributed by atoms with Gasteiger partial charge in [-0.25, -0.2) is 10.1 Å². The van der Waals surface area contributed by atoms with Gasteiger partial charge < -0.3 is 19.3 Å². The number of nitrogens with one attached hydrogen (secondary N) is 1. The normalized spacial score (nSPS) is 11.1. The Kier molecular flexibility index (Phi) is 6.95. The number of phenols is 1. The molecule has 0 aliphatic rings. The first-order chi connectivity index (χ1) is 15.5. The van der Waals surface area contributed by atoms with Gasteiger partial charge in [-0.05, 0) is 36.3 Å². The number of benzene rings is 2. The lowest BCUT2D eigenvalue weighted by Gasteiger charge is -2.13. The van der Waals surface area contributed by atoms with E-state index < -0.39 is 5.91 Å². The van der Waals surface area contributed by atoms with Crippen LogP contribution in [0.2, 0.25) is 0 Å². The second kappa shape index (κ2) is 10.0. The molecule has 1 amide bonds. The average Bonchev–Trinajstić information content (AvgIpc) is 3.22. The van der Waals surface area contributed by atoms with Crippen molar-refractivity contribution >= 4 is 23.6 Å². The third-order valence-corrected chi connectivity index (χ3v) is 4.20. The molecule has 0 unspecified atom stereocenters. The number of hydrazone groups is 1. The maximum absolute atomic E-state index is 12.4. The van der Waals surface area contributed by atoms with Crippen molar-refractivity contribution in [3.05, 3.63) is 47.2 Å². The molecule has 0 aliphatic heterocycles. The quantitative estimate of drug-likeness (QED) is 0.307. The number of carbonyl (C=O) groups is 1. The molecule has 0 radical (unpaired) electrons. The first-order valence-corrected chi connectivity index (χ1v) is 9.14. The number of rotatable bonds is 8. The van der Waals surface area contributed by atoms with Gasteiger partial charge in [-0.15, -0.1) is 10.2 Å². The van der Waals surface area contributed by atoms with E-state index >= 15 is 0 Å². The number of aromatic nitrogens is 2. The number of methoxy groups -OCH3 is 3. The van der Waals surface area contributed by atoms with Crippen LogP contribution in [0, 0.1) is 6.92 Å². The molecule has 0 bridgehead atoms. The van der Waals surface area contributed by atoms with E-state index in [0.29, 0.717) is 34.2 Å². The number of azo groups is 1. The summed E-state index contributed by atoms with van der Waals surface area (Å²) < 4.78 is 20.2. The second-order valence-corrected chi connectivity index (χ2v) is 6.23. The van der Waals surface area contributed by atoms with E-state index in [9.17, 15) is 9.90 Å². The summed E-state index contributed by atoms with van der Waals surface area (Å²) in [7, 11) is 4.37. The minimum atomic E-state index is -0.512. The van der Waals surface area contributed by atoms with Gasteiger partial charge in [0.1, 0.15) is 11.4 Å². The molecule has 12 nitrogen and oxygen atoms in total. The summed E-state index contributed by atoms with van der Waals surface area (Å²) in [6.45, 7) is 1.67. The van der Waals surface area contributed by atoms with Gasteiger partial charge >= 0.3 is 0 Å². The van der Waals surface area contributed by atoms with Gasteiger partial charge in [0.25, 0.3) is 5.91 Å². The molecule has 1 heterocycles. The summed E-state index contributed by atoms with van der Waals surface area (Å²) in [6.07, 6.45) is 1.29. The first-order valence-electron chi connectivity index (χ1n) is 9.14. The number of aromatic hydroxyl groups is 1. The smallest absolute Gasteiger partial charge is 0.271 e. The molecule has 1 aromatic heterocycles. The molecule has 0 saturated heterocycles. The molecule has 166 valence electrons. The van der Waals surface area contributed by atoms with E-state index in [4.69, 9.17) is 14.2 Å². The number of aryl methyl sites for hydroxylation is 1. The largest absolute Gasteiger partial charge is 0.507 e. The van der Waals surface area contributed by atoms with Crippen LogP contribution in [0.4, 0.5) is 11.5 Å². The zero-order valence-corrected chi connectivity index (χ0v) is 17.7. The first kappa shape index (κ1) is 22.2. The fourth-order valence-corrected chi connectivity index (χ4v) is 2.56. The van der Waals surface area contributed by atoms with E-state index in [-0.39, 0.29) is 17.1 Å². The van der Waals surface area contributed by atoms with Crippen LogP contribution >= 0.6 is 0 Å². The third-order valence-electron chi connectivity index (χ3n) is 4.20. The van der Waals surface area contributed by atoms with Crippen LogP contribution in [0.25, 0.3) is 0 Å². The highest BCUT2D eigenvalue weighted by molar-refractivity contribution is 5.96. The monoisotopic (exact) mass is 440 g/mol. The molecule has 0 spiro atoms. The Morgan fingerprint density at radius 1 is 1.06 bits per heavy atom. The van der Waals surface area contributed by atoms with E-state index in [2.05, 4.69) is 35.7 Å². The molecule has 0 fully saturated rings. The Balaban J connectivity index is 1.70. The Labute approximate surface area is 182 Å². The maximum atomic E-state index is 12.4. The van der Waals surface area contributed by atoms with Gasteiger partial charge in [-0.3, -0.25) is 4.79 Å². The average molecular weight is 440 g/mol. The van der Waals surface area contributed by atoms with Crippen LogP contribution < -0.4 is 19.6 Å². The fraction of sp³-hybridized carbons (Fsp3) is 0.200. The second-order valence-electron chi connectivity index (χ2n) is 6.23. The van der Waals surface area contributed by atoms with E-state index in [0.717, 1.165) is 0 Å². The number of hydrogen-bond acceptors (Lipinski definition) is 11. The third kappa shape index (κ3) is 4.98. The van der Waals surface area contributed by atoms with Gasteiger partial charge in [0.15, 0.2) is 11.5 Å². The molecular formula is C20H20N6O6. The summed E-state index contributed by atoms with van der Waals surface area (Å²) in [4.78, 5) is 12.4. The van der Waals surface area contributed by atoms with Crippen molar-refractivity contribution in [3.63, 3.8) is 0 Å². The van der Waals surface area contributed by atoms with Gasteiger partial charge in [-0.1, -0.05) is 5.16 Å². The minimum absolute atomic E-state index is 0.109. The Hall–Kier alpha value is -4.48. The molecule has 12 heteroatoms. The molecule has 3 aromatic rings. The highest BCUT2D eigenvalue weighted by atomic mass is 16.6. The topological polar surface area (TPSA) is 153 Å². The van der Waals surface area contributed by atoms with Crippen molar-refractivity contribution in [3.8, 4) is 23.0 Å². The maximum Gasteiger partial charge on any atom is 0.271 e. The molecule has 0 aliphatic carbocycles. The predicted molar refractivity (Wildman–Crippen MR) is 112 cm³/mol. The number of nitrogens with zero attached hydrogens (tertiary/aromatic N) is 5. The van der Waals surface area contributed by atoms with Crippen LogP contribution in [0.1, 0.15) is 21.6 Å². The molecule has 0 atom stereocenters. The van der Waals surface area contributed by atoms with Crippen molar-refractivity contribution in [2.45, 2.75) is 6.92 Å². The van der Waals surface area contributed by atoms with Crippen LogP contribution in [-0.2, 0) is 0 Å². The van der Waals surface area contributed by atoms with E-state index in [1.54, 1.807) is 19.1 Å². The predicted octanol–water partition coefficient (Wildman–Crippen LogP) is 3.29. The van der Waals surface area contributed by atoms with Crippen molar-refractivity contribution in [1.82, 2.24) is 15.7 Å². The van der Waals surface area contributed by atoms with Gasteiger partial charge in [0.05, 0.1) is 33.2 Å². The summed E-state index contributed by atoms with van der Waals surface area (Å²) in [5, 5.41) is 29.1. The van der Waals surface area contributed by atoms with Gasteiger partial charge in [-0.2, -0.15) is 5.10 Å². The zero-order valence-electron chi connectivity index (χ0n) is 17.7. The lowest BCUT2D eigenvalue weighted by atomic mass is 10.1. The zero-order chi connectivity index (χ0) is 23.1. The van der Waals surface area contributed by atoms with Gasteiger partial charge in [0, 0.05) is 17.2 Å². The number of phenolic OH excluding ortho intramolecular Hbond substituents is 1. The highest BCUT2D eigenvalue weighted by Crippen LogP contribution is 2.38. The Bertz CT molecular complexity index is 1150. The SMILES string of the molecule is COc1cc(C(=O)N/N=C/c2ccc(N=Nc3nonc3C)cc2O)cc(OC)c1OC. The number of ether oxygens (including phenoxy) is 3. The minimum Gasteiger partial charge on any atom is -0.507 e. The van der Waals surface area contributed by atoms with Crippen molar-refractivity contribution in [2.24, 2.45) is 15.3 Å². The summed E-state index contributed by atoms with van der Waals surface area (Å²) in [5.74, 6) is 0.654. The molecule has 3 rings (SSSR count). The van der Waals surface area contributed by atoms with E-state index in [1.807, 2.05) is 0 Å². The fourth-order valence-electron chi connectivity index (χ4n) is 2.56. The summed E-state index contributed by atoms with van der Waals surface area (Å²) in [5.41, 5.74) is 3.85. The van der Waals surface area contributed by atoms with Crippen LogP contribution in [0.15, 0.2) is 50.3 Å². The number of carbonyl (C=O) groups excluding carboxylic acids is 1. The lowest BCUT2D eigenvalue weighted by Crippen LogP contribution is -2.18. The number of amides is 1. The van der Waals surface area contributed by atoms with E-state index in [1.165, 1.54) is 45.7 Å². The Morgan fingerprint density at radius 3 is 2.34 bits per heavy atom. The van der Waals surface area contributed by atoms with Crippen molar-refractivity contribution in [2.75, 3.05) is 21.3 Å². The van der Waals surface area contributed by atoms with Crippen LogP contribution in [0.5, 0.6) is 23.0 Å². The molecule has 32 heavy (non-hydrogen) atoms. The number of hydrogen-bond donors (Lipinski definition) is 2. The molecule has 2 N–H and O–H groups in total. The molecular weight excluding hydrogens is 420 g/mol. The lowest BCUT2D eigenvalue weighted by molar-refractivity contribution is 0.0954. The van der Waals surface area contributed by atoms with Crippen molar-refractivity contribution in [1.29, 1.82) is 0 Å². The molecule has 0 saturated carbocycles. The van der Waals surface area contributed by atoms with Gasteiger partial charge in [0.2, 0.25) is 11.6 Å². The summed E-state index contributed by atoms with van der Waals surface area (Å²) >= 11 is 0. The standard InChI is InChI=1S/C20H20N6O6/c1-11-19(26-32-25-11)23-22-14-6-5-12(15(27)9-14)10-21-24-20(28)13-7-16(29-2)18(31-4)17(8-13)30-3/h5-10,27H,1-4H3,(H,24,28)/b21-10+,23-22?. The highest BCUT2D eigenvalue weighted by Gasteiger charge is 2.16. The Morgan fingerprint density at radius 2 is 1.78 bits per heavy atom. The molecule has 2 aromatic carbocycles. The summed E-state index contributed by atoms with van der Waals surface area (Å²) in [6, 6.07) is 7.54. The van der Waals surface area contributed by atoms with Crippen LogP contribution in [-0.4, -0.2) is 48.9 Å².